The molecule has 0 radical (unpaired) electrons. The van der Waals surface area contributed by atoms with E-state index in [1.54, 1.807) is 0 Å². The van der Waals surface area contributed by atoms with Crippen LogP contribution in [-0.4, -0.2) is 30.1 Å². The molecule has 0 unspecified atom stereocenters. The van der Waals surface area contributed by atoms with E-state index < -0.39 is 0 Å². The van der Waals surface area contributed by atoms with Crippen molar-refractivity contribution in [3.8, 4) is 0 Å². The molecule has 1 heterocycles. The predicted octanol–water partition coefficient (Wildman–Crippen LogP) is 3.74. The van der Waals surface area contributed by atoms with Crippen molar-refractivity contribution >= 4 is 11.4 Å². The highest BCUT2D eigenvalue weighted by Gasteiger charge is 2.31. The topological polar surface area (TPSA) is 6.48 Å². The average Bonchev–Trinajstić information content (AvgIpc) is 2.73. The van der Waals surface area contributed by atoms with Gasteiger partial charge in [-0.15, -0.1) is 0 Å². The summed E-state index contributed by atoms with van der Waals surface area (Å²) in [6.07, 6.45) is 0.361. The van der Waals surface area contributed by atoms with Crippen molar-refractivity contribution in [1.29, 1.82) is 0 Å². The smallest absolute Gasteiger partial charge is 0.0982 e. The van der Waals surface area contributed by atoms with Gasteiger partial charge in [-0.2, -0.15) is 0 Å². The minimum absolute atomic E-state index is 0.361. The molecule has 0 saturated carbocycles. The predicted molar refractivity (Wildman–Crippen MR) is 84.7 cm³/mol. The van der Waals surface area contributed by atoms with Crippen molar-refractivity contribution in [3.63, 3.8) is 0 Å². The molecule has 20 heavy (non-hydrogen) atoms. The fourth-order valence-corrected chi connectivity index (χ4v) is 2.84. The van der Waals surface area contributed by atoms with Crippen molar-refractivity contribution in [2.24, 2.45) is 0 Å². The highest BCUT2D eigenvalue weighted by Crippen LogP contribution is 2.38. The van der Waals surface area contributed by atoms with Gasteiger partial charge in [0.05, 0.1) is 17.6 Å². The van der Waals surface area contributed by atoms with E-state index in [0.717, 1.165) is 0 Å². The molecule has 3 rings (SSSR count). The number of hydrogen-bond donors (Lipinski definition) is 0. The van der Waals surface area contributed by atoms with E-state index in [0.29, 0.717) is 6.17 Å². The normalized spacial score (nSPS) is 16.1. The molecule has 0 atom stereocenters. The van der Waals surface area contributed by atoms with E-state index in [-0.39, 0.29) is 0 Å². The van der Waals surface area contributed by atoms with Crippen molar-refractivity contribution in [3.05, 3.63) is 71.8 Å². The Hall–Kier alpha value is -2.22. The van der Waals surface area contributed by atoms with Gasteiger partial charge in [-0.3, -0.25) is 0 Å². The Balaban J connectivity index is 2.20. The van der Waals surface area contributed by atoms with Crippen LogP contribution in [0, 0.1) is 0 Å². The Morgan fingerprint density at radius 1 is 0.650 bits per heavy atom. The van der Waals surface area contributed by atoms with Gasteiger partial charge in [-0.25, -0.2) is 0 Å². The van der Waals surface area contributed by atoms with E-state index in [1.165, 1.54) is 22.5 Å². The summed E-state index contributed by atoms with van der Waals surface area (Å²) in [7, 11) is 4.33. The second-order valence-electron chi connectivity index (χ2n) is 5.28. The minimum Gasteiger partial charge on any atom is -0.352 e. The van der Waals surface area contributed by atoms with Crippen LogP contribution in [0.1, 0.15) is 18.1 Å². The van der Waals surface area contributed by atoms with Gasteiger partial charge in [0.25, 0.3) is 0 Å². The lowest BCUT2D eigenvalue weighted by Crippen LogP contribution is -2.32. The molecular weight excluding hydrogens is 244 g/mol. The fourth-order valence-electron chi connectivity index (χ4n) is 2.84. The quantitative estimate of drug-likeness (QED) is 0.815. The van der Waals surface area contributed by atoms with Crippen molar-refractivity contribution < 1.29 is 0 Å². The van der Waals surface area contributed by atoms with Gasteiger partial charge in [-0.05, 0) is 18.1 Å². The van der Waals surface area contributed by atoms with E-state index in [1.807, 2.05) is 0 Å². The first-order valence-corrected chi connectivity index (χ1v) is 7.01. The summed E-state index contributed by atoms with van der Waals surface area (Å²) in [5.74, 6) is 0. The fraction of sp³-hybridized carbons (Fsp3) is 0.222. The number of benzene rings is 2. The maximum atomic E-state index is 2.34. The summed E-state index contributed by atoms with van der Waals surface area (Å²) in [6.45, 7) is 2.24. The molecule has 1 aliphatic heterocycles. The van der Waals surface area contributed by atoms with Crippen LogP contribution < -0.4 is 0 Å². The number of rotatable bonds is 2. The molecule has 0 aromatic heterocycles. The summed E-state index contributed by atoms with van der Waals surface area (Å²) in [5.41, 5.74) is 5.13. The van der Waals surface area contributed by atoms with Gasteiger partial charge < -0.3 is 9.80 Å². The third-order valence-corrected chi connectivity index (χ3v) is 4.15. The zero-order valence-corrected chi connectivity index (χ0v) is 12.2. The van der Waals surface area contributed by atoms with Gasteiger partial charge in [0.2, 0.25) is 0 Å². The van der Waals surface area contributed by atoms with Gasteiger partial charge in [-0.1, -0.05) is 60.7 Å². The lowest BCUT2D eigenvalue weighted by molar-refractivity contribution is 0.240. The SMILES string of the molecule is CC1N(C)C(c2ccccc2)=C(c2ccccc2)N1C. The molecule has 0 saturated heterocycles. The minimum atomic E-state index is 0.361. The molecule has 2 heteroatoms. The maximum absolute atomic E-state index is 2.34. The average molecular weight is 264 g/mol. The van der Waals surface area contributed by atoms with Crippen LogP contribution in [0.4, 0.5) is 0 Å². The van der Waals surface area contributed by atoms with Gasteiger partial charge in [0.1, 0.15) is 0 Å². The molecule has 0 fully saturated rings. The molecule has 1 aliphatic rings. The summed E-state index contributed by atoms with van der Waals surface area (Å²) in [5, 5.41) is 0. The van der Waals surface area contributed by atoms with Crippen LogP contribution in [0.3, 0.4) is 0 Å². The third kappa shape index (κ3) is 1.97. The lowest BCUT2D eigenvalue weighted by Gasteiger charge is -2.26. The first-order chi connectivity index (χ1) is 9.70. The summed E-state index contributed by atoms with van der Waals surface area (Å²) in [6, 6.07) is 21.2. The van der Waals surface area contributed by atoms with E-state index in [9.17, 15) is 0 Å². The Labute approximate surface area is 121 Å². The molecule has 2 nitrogen and oxygen atoms in total. The van der Waals surface area contributed by atoms with Crippen LogP contribution in [0.25, 0.3) is 11.4 Å². The van der Waals surface area contributed by atoms with Crippen molar-refractivity contribution in [1.82, 2.24) is 9.80 Å². The monoisotopic (exact) mass is 264 g/mol. The molecular formula is C18H20N2. The Morgan fingerprint density at radius 2 is 1.00 bits per heavy atom. The molecule has 0 amide bonds. The first-order valence-electron chi connectivity index (χ1n) is 7.01. The van der Waals surface area contributed by atoms with E-state index in [4.69, 9.17) is 0 Å². The first kappa shape index (κ1) is 12.8. The van der Waals surface area contributed by atoms with Crippen LogP contribution in [0.2, 0.25) is 0 Å². The van der Waals surface area contributed by atoms with Crippen molar-refractivity contribution in [2.75, 3.05) is 14.1 Å². The van der Waals surface area contributed by atoms with E-state index >= 15 is 0 Å². The molecule has 0 spiro atoms. The standard InChI is InChI=1S/C18H20N2/c1-14-19(2)17(15-10-6-4-7-11-15)18(20(14)3)16-12-8-5-9-13-16/h4-14H,1-3H3. The zero-order valence-electron chi connectivity index (χ0n) is 12.2. The van der Waals surface area contributed by atoms with Crippen LogP contribution in [0.15, 0.2) is 60.7 Å². The van der Waals surface area contributed by atoms with Crippen LogP contribution in [-0.2, 0) is 0 Å². The van der Waals surface area contributed by atoms with Gasteiger partial charge in [0.15, 0.2) is 0 Å². The molecule has 102 valence electrons. The second-order valence-corrected chi connectivity index (χ2v) is 5.28. The Bertz CT molecular complexity index is 561. The van der Waals surface area contributed by atoms with Crippen LogP contribution in [0.5, 0.6) is 0 Å². The second kappa shape index (κ2) is 5.04. The molecule has 0 bridgehead atoms. The molecule has 2 aromatic carbocycles. The molecule has 0 N–H and O–H groups in total. The molecule has 2 aromatic rings. The zero-order chi connectivity index (χ0) is 14.1. The highest BCUT2D eigenvalue weighted by molar-refractivity contribution is 5.91. The summed E-state index contributed by atoms with van der Waals surface area (Å²) in [4.78, 5) is 4.69. The van der Waals surface area contributed by atoms with Crippen molar-refractivity contribution in [2.45, 2.75) is 13.1 Å². The third-order valence-electron chi connectivity index (χ3n) is 4.15. The number of hydrogen-bond acceptors (Lipinski definition) is 2. The van der Waals surface area contributed by atoms with E-state index in [2.05, 4.69) is 91.5 Å². The summed E-state index contributed by atoms with van der Waals surface area (Å²) >= 11 is 0. The highest BCUT2D eigenvalue weighted by atomic mass is 15.4. The number of nitrogens with zero attached hydrogens (tertiary/aromatic N) is 2. The van der Waals surface area contributed by atoms with Crippen LogP contribution >= 0.6 is 0 Å². The largest absolute Gasteiger partial charge is 0.352 e. The van der Waals surface area contributed by atoms with Gasteiger partial charge in [0, 0.05) is 14.1 Å². The Kier molecular flexibility index (Phi) is 3.23. The Morgan fingerprint density at radius 3 is 1.35 bits per heavy atom. The maximum Gasteiger partial charge on any atom is 0.0982 e. The summed E-state index contributed by atoms with van der Waals surface area (Å²) < 4.78 is 0. The lowest BCUT2D eigenvalue weighted by atomic mass is 10.1. The molecule has 0 aliphatic carbocycles. The van der Waals surface area contributed by atoms with Gasteiger partial charge >= 0.3 is 0 Å².